The lowest BCUT2D eigenvalue weighted by Gasteiger charge is -2.27. The molecule has 29 heavy (non-hydrogen) atoms. The van der Waals surface area contributed by atoms with Crippen LogP contribution in [0.3, 0.4) is 0 Å². The van der Waals surface area contributed by atoms with Gasteiger partial charge in [0.15, 0.2) is 5.69 Å². The van der Waals surface area contributed by atoms with Crippen molar-refractivity contribution < 1.29 is 17.6 Å². The monoisotopic (exact) mass is 416 g/mol. The zero-order valence-corrected chi connectivity index (χ0v) is 17.4. The molecule has 0 amide bonds. The van der Waals surface area contributed by atoms with Crippen LogP contribution < -0.4 is 0 Å². The molecule has 154 valence electrons. The molecule has 1 aliphatic rings. The third-order valence-corrected chi connectivity index (χ3v) is 6.81. The molecular formula is C20H24N4O4S. The van der Waals surface area contributed by atoms with Crippen LogP contribution in [0.2, 0.25) is 0 Å². The summed E-state index contributed by atoms with van der Waals surface area (Å²) in [6.07, 6.45) is 2.21. The molecule has 1 aromatic carbocycles. The lowest BCUT2D eigenvalue weighted by molar-refractivity contribution is 0.135. The first-order valence-electron chi connectivity index (χ1n) is 9.65. The average Bonchev–Trinajstić information content (AvgIpc) is 3.32. The van der Waals surface area contributed by atoms with Crippen molar-refractivity contribution in [2.24, 2.45) is 0 Å². The van der Waals surface area contributed by atoms with E-state index < -0.39 is 10.0 Å². The van der Waals surface area contributed by atoms with Gasteiger partial charge in [-0.1, -0.05) is 18.2 Å². The van der Waals surface area contributed by atoms with Crippen LogP contribution in [0.1, 0.15) is 23.9 Å². The molecular weight excluding hydrogens is 392 g/mol. The van der Waals surface area contributed by atoms with E-state index in [9.17, 15) is 8.42 Å². The molecule has 0 bridgehead atoms. The first-order valence-corrected chi connectivity index (χ1v) is 11.1. The normalized spacial score (nSPS) is 14.8. The molecule has 0 aliphatic carbocycles. The second kappa shape index (κ2) is 8.10. The largest absolute Gasteiger partial charge is 0.440 e. The SMILES string of the molecule is CCOCCn1nc(-c2ncc(C)o2)c2c1CCN(S(=O)(=O)c1ccccc1)C2. The van der Waals surface area contributed by atoms with Crippen molar-refractivity contribution in [3.05, 3.63) is 53.5 Å². The smallest absolute Gasteiger partial charge is 0.247 e. The number of benzene rings is 1. The molecule has 4 rings (SSSR count). The van der Waals surface area contributed by atoms with Gasteiger partial charge in [-0.3, -0.25) is 4.68 Å². The van der Waals surface area contributed by atoms with Gasteiger partial charge < -0.3 is 9.15 Å². The van der Waals surface area contributed by atoms with Crippen LogP contribution in [0.15, 0.2) is 45.8 Å². The molecule has 0 radical (unpaired) electrons. The van der Waals surface area contributed by atoms with Gasteiger partial charge in [-0.15, -0.1) is 0 Å². The molecule has 0 atom stereocenters. The number of fused-ring (bicyclic) bond motifs is 1. The molecule has 0 spiro atoms. The number of hydrogen-bond donors (Lipinski definition) is 0. The highest BCUT2D eigenvalue weighted by atomic mass is 32.2. The summed E-state index contributed by atoms with van der Waals surface area (Å²) in [5.41, 5.74) is 2.45. The predicted octanol–water partition coefficient (Wildman–Crippen LogP) is 2.63. The average molecular weight is 417 g/mol. The quantitative estimate of drug-likeness (QED) is 0.550. The fourth-order valence-electron chi connectivity index (χ4n) is 3.53. The van der Waals surface area contributed by atoms with Crippen molar-refractivity contribution in [1.29, 1.82) is 0 Å². The molecule has 3 aromatic rings. The summed E-state index contributed by atoms with van der Waals surface area (Å²) in [6.45, 7) is 6.18. The minimum Gasteiger partial charge on any atom is -0.440 e. The zero-order valence-electron chi connectivity index (χ0n) is 16.5. The highest BCUT2D eigenvalue weighted by Gasteiger charge is 2.33. The van der Waals surface area contributed by atoms with Crippen LogP contribution >= 0.6 is 0 Å². The molecule has 9 heteroatoms. The molecule has 0 N–H and O–H groups in total. The third-order valence-electron chi connectivity index (χ3n) is 4.96. The highest BCUT2D eigenvalue weighted by molar-refractivity contribution is 7.89. The third kappa shape index (κ3) is 3.85. The van der Waals surface area contributed by atoms with E-state index in [0.29, 0.717) is 55.0 Å². The minimum atomic E-state index is -3.59. The lowest BCUT2D eigenvalue weighted by Crippen LogP contribution is -2.36. The zero-order chi connectivity index (χ0) is 20.4. The van der Waals surface area contributed by atoms with Crippen LogP contribution in [0.4, 0.5) is 0 Å². The summed E-state index contributed by atoms with van der Waals surface area (Å²) in [5, 5.41) is 4.70. The van der Waals surface area contributed by atoms with Gasteiger partial charge in [-0.05, 0) is 26.0 Å². The Balaban J connectivity index is 1.70. The maximum atomic E-state index is 13.1. The number of hydrogen-bond acceptors (Lipinski definition) is 6. The van der Waals surface area contributed by atoms with E-state index in [2.05, 4.69) is 4.98 Å². The molecule has 0 saturated carbocycles. The van der Waals surface area contributed by atoms with Gasteiger partial charge in [0.05, 0.1) is 24.2 Å². The summed E-state index contributed by atoms with van der Waals surface area (Å²) in [7, 11) is -3.59. The van der Waals surface area contributed by atoms with Crippen molar-refractivity contribution in [1.82, 2.24) is 19.1 Å². The number of nitrogens with zero attached hydrogens (tertiary/aromatic N) is 4. The van der Waals surface area contributed by atoms with E-state index in [1.807, 2.05) is 18.5 Å². The van der Waals surface area contributed by atoms with E-state index in [0.717, 1.165) is 11.3 Å². The number of aromatic nitrogens is 3. The van der Waals surface area contributed by atoms with Gasteiger partial charge in [-0.25, -0.2) is 13.4 Å². The van der Waals surface area contributed by atoms with Crippen molar-refractivity contribution in [3.63, 3.8) is 0 Å². The Hall–Kier alpha value is -2.49. The molecule has 0 fully saturated rings. The number of sulfonamides is 1. The Morgan fingerprint density at radius 3 is 2.72 bits per heavy atom. The molecule has 0 unspecified atom stereocenters. The minimum absolute atomic E-state index is 0.234. The van der Waals surface area contributed by atoms with Crippen LogP contribution in [0.5, 0.6) is 0 Å². The first-order chi connectivity index (χ1) is 14.0. The van der Waals surface area contributed by atoms with Crippen LogP contribution in [-0.4, -0.2) is 47.2 Å². The number of oxazole rings is 1. The molecule has 0 saturated heterocycles. The fraction of sp³-hybridized carbons (Fsp3) is 0.400. The number of aryl methyl sites for hydroxylation is 1. The van der Waals surface area contributed by atoms with E-state index in [1.54, 1.807) is 36.5 Å². The molecule has 8 nitrogen and oxygen atoms in total. The van der Waals surface area contributed by atoms with Crippen molar-refractivity contribution in [3.8, 4) is 11.6 Å². The van der Waals surface area contributed by atoms with Crippen LogP contribution in [0.25, 0.3) is 11.6 Å². The fourth-order valence-corrected chi connectivity index (χ4v) is 4.96. The van der Waals surface area contributed by atoms with E-state index in [1.165, 1.54) is 4.31 Å². The Labute approximate surface area is 170 Å². The van der Waals surface area contributed by atoms with E-state index in [-0.39, 0.29) is 6.54 Å². The van der Waals surface area contributed by atoms with Gasteiger partial charge in [0.2, 0.25) is 15.9 Å². The number of rotatable bonds is 7. The van der Waals surface area contributed by atoms with E-state index in [4.69, 9.17) is 14.3 Å². The van der Waals surface area contributed by atoms with Gasteiger partial charge in [0, 0.05) is 37.4 Å². The topological polar surface area (TPSA) is 90.5 Å². The first kappa shape index (κ1) is 19.8. The molecule has 2 aromatic heterocycles. The predicted molar refractivity (Wildman–Crippen MR) is 107 cm³/mol. The summed E-state index contributed by atoms with van der Waals surface area (Å²) < 4.78 is 40.8. The maximum absolute atomic E-state index is 13.1. The number of ether oxygens (including phenoxy) is 1. The Kier molecular flexibility index (Phi) is 5.53. The van der Waals surface area contributed by atoms with Crippen molar-refractivity contribution in [2.45, 2.75) is 38.3 Å². The Morgan fingerprint density at radius 1 is 1.24 bits per heavy atom. The summed E-state index contributed by atoms with van der Waals surface area (Å²) >= 11 is 0. The Bertz CT molecular complexity index is 1090. The second-order valence-electron chi connectivity index (χ2n) is 6.87. The maximum Gasteiger partial charge on any atom is 0.247 e. The van der Waals surface area contributed by atoms with Gasteiger partial charge in [-0.2, -0.15) is 9.40 Å². The van der Waals surface area contributed by atoms with E-state index >= 15 is 0 Å². The van der Waals surface area contributed by atoms with Gasteiger partial charge >= 0.3 is 0 Å². The summed E-state index contributed by atoms with van der Waals surface area (Å²) in [6, 6.07) is 8.51. The van der Waals surface area contributed by atoms with Gasteiger partial charge in [0.1, 0.15) is 5.76 Å². The van der Waals surface area contributed by atoms with Crippen LogP contribution in [-0.2, 0) is 34.3 Å². The van der Waals surface area contributed by atoms with Crippen LogP contribution in [0, 0.1) is 6.92 Å². The summed E-state index contributed by atoms with van der Waals surface area (Å²) in [5.74, 6) is 1.09. The van der Waals surface area contributed by atoms with Crippen molar-refractivity contribution in [2.75, 3.05) is 19.8 Å². The molecule has 3 heterocycles. The second-order valence-corrected chi connectivity index (χ2v) is 8.81. The van der Waals surface area contributed by atoms with Gasteiger partial charge in [0.25, 0.3) is 0 Å². The lowest BCUT2D eigenvalue weighted by atomic mass is 10.1. The molecule has 1 aliphatic heterocycles. The highest BCUT2D eigenvalue weighted by Crippen LogP contribution is 2.32. The standard InChI is InChI=1S/C20H24N4O4S/c1-3-27-12-11-24-18-9-10-23(29(25,26)16-7-5-4-6-8-16)14-17(18)19(22-24)20-21-13-15(2)28-20/h4-8,13H,3,9-12,14H2,1-2H3. The van der Waals surface area contributed by atoms with Crippen molar-refractivity contribution >= 4 is 10.0 Å². The Morgan fingerprint density at radius 2 is 2.03 bits per heavy atom. The summed E-state index contributed by atoms with van der Waals surface area (Å²) in [4.78, 5) is 4.60.